The lowest BCUT2D eigenvalue weighted by Gasteiger charge is -2.36. The summed E-state index contributed by atoms with van der Waals surface area (Å²) in [6, 6.07) is 5.24. The number of carbonyl (C=O) groups excluding carboxylic acids is 5. The van der Waals surface area contributed by atoms with Crippen LogP contribution in [0.3, 0.4) is 0 Å². The minimum atomic E-state index is -1.17. The van der Waals surface area contributed by atoms with Gasteiger partial charge in [0.15, 0.2) is 6.61 Å². The first-order valence-electron chi connectivity index (χ1n) is 16.9. The number of aryl methyl sites for hydroxylation is 1. The molecule has 15 nitrogen and oxygen atoms in total. The molecule has 2 saturated heterocycles. The van der Waals surface area contributed by atoms with Crippen molar-refractivity contribution in [1.29, 1.82) is 0 Å². The monoisotopic (exact) mass is 680 g/mol. The van der Waals surface area contributed by atoms with Gasteiger partial charge in [0, 0.05) is 56.6 Å². The molecule has 1 aromatic heterocycles. The first-order chi connectivity index (χ1) is 23.5. The van der Waals surface area contributed by atoms with Gasteiger partial charge in [-0.1, -0.05) is 6.07 Å². The van der Waals surface area contributed by atoms with Crippen LogP contribution < -0.4 is 15.4 Å². The van der Waals surface area contributed by atoms with Crippen LogP contribution in [0, 0.1) is 6.92 Å². The predicted molar refractivity (Wildman–Crippen MR) is 176 cm³/mol. The summed E-state index contributed by atoms with van der Waals surface area (Å²) in [5.41, 5.74) is 1.22. The topological polar surface area (TPSA) is 188 Å². The molecule has 3 fully saturated rings. The van der Waals surface area contributed by atoms with Gasteiger partial charge in [0.25, 0.3) is 11.8 Å². The Balaban J connectivity index is 1.31. The molecule has 49 heavy (non-hydrogen) atoms. The van der Waals surface area contributed by atoms with E-state index in [1.54, 1.807) is 24.0 Å². The molecule has 3 N–H and O–H groups in total. The van der Waals surface area contributed by atoms with Gasteiger partial charge in [-0.3, -0.25) is 24.0 Å². The number of hydrogen-bond acceptors (Lipinski definition) is 9. The Hall–Kier alpha value is -4.95. The van der Waals surface area contributed by atoms with Crippen molar-refractivity contribution in [1.82, 2.24) is 30.3 Å². The van der Waals surface area contributed by atoms with E-state index in [0.717, 1.165) is 31.2 Å². The standard InChI is InChI=1S/C34H44N6O9/c1-3-48-34(47)39-16-14-38(15-17-39)33(46)24(11-12-30(42)43)37-31(44)26-19-28(23-10-7-21(2)18-25(23)36-26)49-20-29(41)40-13-5-4-6-27(40)32(45)35-22-8-9-22/h7,10,18-19,22,24,27H,3-6,8-9,11-17,20H2,1-2H3,(H,35,45)(H,37,44)(H,42,43)/t24-,27-/m0/s1. The third-order valence-corrected chi connectivity index (χ3v) is 8.93. The fraction of sp³-hybridized carbons (Fsp3) is 0.559. The average molecular weight is 681 g/mol. The Morgan fingerprint density at radius 3 is 2.41 bits per heavy atom. The first-order valence-corrected chi connectivity index (χ1v) is 16.9. The molecule has 264 valence electrons. The third kappa shape index (κ3) is 9.15. The number of likely N-dealkylation sites (tertiary alicyclic amines) is 1. The molecule has 2 atom stereocenters. The van der Waals surface area contributed by atoms with Gasteiger partial charge in [0.1, 0.15) is 23.5 Å². The van der Waals surface area contributed by atoms with E-state index in [2.05, 4.69) is 15.6 Å². The molecule has 0 unspecified atom stereocenters. The molecule has 15 heteroatoms. The van der Waals surface area contributed by atoms with Crippen LogP contribution in [0.1, 0.15) is 67.9 Å². The number of benzene rings is 1. The van der Waals surface area contributed by atoms with E-state index in [-0.39, 0.29) is 81.5 Å². The van der Waals surface area contributed by atoms with E-state index >= 15 is 0 Å². The zero-order chi connectivity index (χ0) is 35.1. The molecule has 2 aromatic rings. The highest BCUT2D eigenvalue weighted by Crippen LogP contribution is 2.28. The van der Waals surface area contributed by atoms with Crippen molar-refractivity contribution in [2.45, 2.75) is 76.9 Å². The van der Waals surface area contributed by atoms with Crippen LogP contribution in [0.5, 0.6) is 5.75 Å². The van der Waals surface area contributed by atoms with E-state index in [1.807, 2.05) is 13.0 Å². The average Bonchev–Trinajstić information content (AvgIpc) is 3.92. The van der Waals surface area contributed by atoms with E-state index in [1.165, 1.54) is 15.9 Å². The summed E-state index contributed by atoms with van der Waals surface area (Å²) < 4.78 is 11.1. The van der Waals surface area contributed by atoms with Crippen molar-refractivity contribution in [3.63, 3.8) is 0 Å². The Bertz CT molecular complexity index is 1590. The number of aromatic nitrogens is 1. The molecule has 0 bridgehead atoms. The van der Waals surface area contributed by atoms with Crippen molar-refractivity contribution < 1.29 is 43.3 Å². The summed E-state index contributed by atoms with van der Waals surface area (Å²) in [5.74, 6) is -2.59. The number of carboxylic acid groups (broad SMARTS) is 1. The van der Waals surface area contributed by atoms with E-state index < -0.39 is 36.0 Å². The summed E-state index contributed by atoms with van der Waals surface area (Å²) in [4.78, 5) is 86.0. The highest BCUT2D eigenvalue weighted by molar-refractivity contribution is 5.99. The summed E-state index contributed by atoms with van der Waals surface area (Å²) in [6.07, 6.45) is 3.10. The number of amides is 5. The Morgan fingerprint density at radius 2 is 1.71 bits per heavy atom. The molecule has 5 amide bonds. The lowest BCUT2D eigenvalue weighted by molar-refractivity contribution is -0.143. The first kappa shape index (κ1) is 35.4. The zero-order valence-corrected chi connectivity index (χ0v) is 27.9. The molecule has 1 saturated carbocycles. The SMILES string of the molecule is CCOC(=O)N1CCN(C(=O)[C@H](CCC(=O)O)NC(=O)c2cc(OCC(=O)N3CCCC[C@H]3C(=O)NC3CC3)c3ccc(C)cc3n2)CC1. The molecule has 1 aliphatic carbocycles. The highest BCUT2D eigenvalue weighted by Gasteiger charge is 2.35. The van der Waals surface area contributed by atoms with Gasteiger partial charge >= 0.3 is 12.1 Å². The quantitative estimate of drug-likeness (QED) is 0.299. The second kappa shape index (κ2) is 16.0. The number of fused-ring (bicyclic) bond motifs is 1. The molecular weight excluding hydrogens is 636 g/mol. The molecule has 2 aliphatic heterocycles. The van der Waals surface area contributed by atoms with Gasteiger partial charge in [-0.15, -0.1) is 0 Å². The van der Waals surface area contributed by atoms with Gasteiger partial charge in [-0.2, -0.15) is 0 Å². The molecule has 3 aliphatic rings. The Morgan fingerprint density at radius 1 is 0.980 bits per heavy atom. The molecular formula is C34H44N6O9. The van der Waals surface area contributed by atoms with Gasteiger partial charge in [0.05, 0.1) is 12.1 Å². The maximum absolute atomic E-state index is 13.6. The van der Waals surface area contributed by atoms with Gasteiger partial charge in [0.2, 0.25) is 11.8 Å². The van der Waals surface area contributed by atoms with Crippen LogP contribution in [0.15, 0.2) is 24.3 Å². The van der Waals surface area contributed by atoms with Crippen LogP contribution in [0.4, 0.5) is 4.79 Å². The normalized spacial score (nSPS) is 18.4. The van der Waals surface area contributed by atoms with Crippen molar-refractivity contribution in [3.8, 4) is 5.75 Å². The number of piperidine rings is 1. The number of ether oxygens (including phenoxy) is 2. The van der Waals surface area contributed by atoms with Crippen LogP contribution in [-0.4, -0.2) is 125 Å². The Labute approximate surface area is 284 Å². The van der Waals surface area contributed by atoms with Gasteiger partial charge in [-0.05, 0) is 70.1 Å². The van der Waals surface area contributed by atoms with Crippen LogP contribution in [-0.2, 0) is 23.9 Å². The molecule has 0 spiro atoms. The number of rotatable bonds is 12. The number of nitrogens with zero attached hydrogens (tertiary/aromatic N) is 4. The van der Waals surface area contributed by atoms with Crippen LogP contribution in [0.25, 0.3) is 10.9 Å². The van der Waals surface area contributed by atoms with Gasteiger partial charge < -0.3 is 39.9 Å². The molecule has 1 aromatic carbocycles. The van der Waals surface area contributed by atoms with Gasteiger partial charge in [-0.25, -0.2) is 9.78 Å². The maximum Gasteiger partial charge on any atom is 0.409 e. The number of piperazine rings is 1. The molecule has 5 rings (SSSR count). The maximum atomic E-state index is 13.6. The smallest absolute Gasteiger partial charge is 0.409 e. The molecule has 3 heterocycles. The predicted octanol–water partition coefficient (Wildman–Crippen LogP) is 1.85. The number of pyridine rings is 1. The zero-order valence-electron chi connectivity index (χ0n) is 27.9. The second-order valence-electron chi connectivity index (χ2n) is 12.7. The number of carbonyl (C=O) groups is 6. The minimum Gasteiger partial charge on any atom is -0.483 e. The molecule has 0 radical (unpaired) electrons. The van der Waals surface area contributed by atoms with Crippen molar-refractivity contribution in [2.75, 3.05) is 45.9 Å². The number of carboxylic acids is 1. The highest BCUT2D eigenvalue weighted by atomic mass is 16.6. The fourth-order valence-corrected chi connectivity index (χ4v) is 6.09. The fourth-order valence-electron chi connectivity index (χ4n) is 6.09. The summed E-state index contributed by atoms with van der Waals surface area (Å²) in [7, 11) is 0. The Kier molecular flexibility index (Phi) is 11.5. The summed E-state index contributed by atoms with van der Waals surface area (Å²) in [6.45, 7) is 4.73. The lowest BCUT2D eigenvalue weighted by Crippen LogP contribution is -2.56. The number of hydrogen-bond donors (Lipinski definition) is 3. The number of nitrogens with one attached hydrogen (secondary N) is 2. The minimum absolute atomic E-state index is 0.0829. The summed E-state index contributed by atoms with van der Waals surface area (Å²) in [5, 5.41) is 15.6. The summed E-state index contributed by atoms with van der Waals surface area (Å²) >= 11 is 0. The largest absolute Gasteiger partial charge is 0.483 e. The lowest BCUT2D eigenvalue weighted by atomic mass is 10.0. The van der Waals surface area contributed by atoms with Crippen molar-refractivity contribution in [2.24, 2.45) is 0 Å². The van der Waals surface area contributed by atoms with Crippen molar-refractivity contribution >= 4 is 46.6 Å². The van der Waals surface area contributed by atoms with Crippen LogP contribution >= 0.6 is 0 Å². The van der Waals surface area contributed by atoms with E-state index in [0.29, 0.717) is 23.9 Å². The number of aliphatic carboxylic acids is 1. The van der Waals surface area contributed by atoms with Crippen molar-refractivity contribution in [3.05, 3.63) is 35.5 Å². The third-order valence-electron chi connectivity index (χ3n) is 8.93. The van der Waals surface area contributed by atoms with E-state index in [9.17, 15) is 33.9 Å². The van der Waals surface area contributed by atoms with E-state index in [4.69, 9.17) is 9.47 Å². The van der Waals surface area contributed by atoms with Crippen LogP contribution in [0.2, 0.25) is 0 Å². The second-order valence-corrected chi connectivity index (χ2v) is 12.7.